The molecule has 1 amide bonds. The number of halogens is 4. The fraction of sp³-hybridized carbons (Fsp3) is 0.273. The van der Waals surface area contributed by atoms with Gasteiger partial charge in [-0.25, -0.2) is 0 Å². The fourth-order valence-corrected chi connectivity index (χ4v) is 3.51. The lowest BCUT2D eigenvalue weighted by Gasteiger charge is -2.22. The number of fused-ring (bicyclic) bond motifs is 1. The highest BCUT2D eigenvalue weighted by Crippen LogP contribution is 2.34. The van der Waals surface area contributed by atoms with Crippen LogP contribution < -0.4 is 5.32 Å². The molecule has 0 spiro atoms. The van der Waals surface area contributed by atoms with Crippen LogP contribution in [0.25, 0.3) is 10.9 Å². The zero-order valence-corrected chi connectivity index (χ0v) is 17.3. The zero-order valence-electron chi connectivity index (χ0n) is 16.6. The first kappa shape index (κ1) is 21.9. The predicted octanol–water partition coefficient (Wildman–Crippen LogP) is 6.00. The number of carbonyl (C=O) groups is 1. The molecule has 2 aromatic carbocycles. The molecule has 4 nitrogen and oxygen atoms in total. The van der Waals surface area contributed by atoms with E-state index in [1.54, 1.807) is 29.2 Å². The van der Waals surface area contributed by atoms with E-state index in [1.807, 2.05) is 13.8 Å². The minimum atomic E-state index is -4.47. The summed E-state index contributed by atoms with van der Waals surface area (Å²) in [4.78, 5) is 19.0. The van der Waals surface area contributed by atoms with Crippen LogP contribution in [0, 0.1) is 0 Å². The number of hydrogen-bond donors (Lipinski definition) is 1. The first-order chi connectivity index (χ1) is 14.3. The van der Waals surface area contributed by atoms with E-state index in [-0.39, 0.29) is 23.6 Å². The zero-order chi connectivity index (χ0) is 21.9. The molecule has 0 bridgehead atoms. The number of nitrogens with zero attached hydrogens (tertiary/aromatic N) is 2. The molecule has 0 radical (unpaired) electrons. The molecule has 1 aromatic heterocycles. The van der Waals surface area contributed by atoms with Crippen molar-refractivity contribution in [1.29, 1.82) is 0 Å². The van der Waals surface area contributed by atoms with Gasteiger partial charge in [-0.1, -0.05) is 29.8 Å². The van der Waals surface area contributed by atoms with E-state index in [4.69, 9.17) is 11.6 Å². The Bertz CT molecular complexity index is 1070. The summed E-state index contributed by atoms with van der Waals surface area (Å²) in [5.41, 5.74) is 0.653. The second kappa shape index (κ2) is 8.92. The van der Waals surface area contributed by atoms with E-state index < -0.39 is 11.7 Å². The Morgan fingerprint density at radius 1 is 1.13 bits per heavy atom. The molecule has 30 heavy (non-hydrogen) atoms. The Morgan fingerprint density at radius 3 is 2.50 bits per heavy atom. The third-order valence-corrected chi connectivity index (χ3v) is 5.12. The fourth-order valence-electron chi connectivity index (χ4n) is 3.33. The lowest BCUT2D eigenvalue weighted by molar-refractivity contribution is -0.138. The summed E-state index contributed by atoms with van der Waals surface area (Å²) in [6, 6.07) is 10.4. The highest BCUT2D eigenvalue weighted by atomic mass is 35.5. The van der Waals surface area contributed by atoms with Crippen molar-refractivity contribution in [3.8, 4) is 0 Å². The summed E-state index contributed by atoms with van der Waals surface area (Å²) in [6.07, 6.45) is -3.02. The smallest absolute Gasteiger partial charge is 0.380 e. The van der Waals surface area contributed by atoms with Gasteiger partial charge >= 0.3 is 6.18 Å². The molecule has 3 aromatic rings. The van der Waals surface area contributed by atoms with Crippen molar-refractivity contribution in [3.05, 3.63) is 70.4 Å². The minimum absolute atomic E-state index is 0.0817. The van der Waals surface area contributed by atoms with Gasteiger partial charge in [-0.15, -0.1) is 0 Å². The van der Waals surface area contributed by atoms with Crippen LogP contribution in [0.1, 0.15) is 35.3 Å². The Morgan fingerprint density at radius 2 is 1.83 bits per heavy atom. The maximum absolute atomic E-state index is 13.4. The van der Waals surface area contributed by atoms with Crippen LogP contribution in [0.2, 0.25) is 5.02 Å². The van der Waals surface area contributed by atoms with E-state index in [9.17, 15) is 18.0 Å². The highest BCUT2D eigenvalue weighted by molar-refractivity contribution is 6.31. The number of alkyl halides is 3. The molecule has 0 aliphatic heterocycles. The van der Waals surface area contributed by atoms with Gasteiger partial charge in [0.1, 0.15) is 0 Å². The van der Waals surface area contributed by atoms with Crippen molar-refractivity contribution in [2.24, 2.45) is 0 Å². The van der Waals surface area contributed by atoms with Crippen LogP contribution in [0.15, 0.2) is 48.7 Å². The first-order valence-corrected chi connectivity index (χ1v) is 9.90. The van der Waals surface area contributed by atoms with Gasteiger partial charge in [-0.3, -0.25) is 9.78 Å². The van der Waals surface area contributed by atoms with Crippen molar-refractivity contribution < 1.29 is 18.0 Å². The van der Waals surface area contributed by atoms with Gasteiger partial charge in [0.15, 0.2) is 0 Å². The summed E-state index contributed by atoms with van der Waals surface area (Å²) in [5.74, 6) is -0.249. The predicted molar refractivity (Wildman–Crippen MR) is 113 cm³/mol. The second-order valence-corrected chi connectivity index (χ2v) is 7.13. The number of hydrogen-bond acceptors (Lipinski definition) is 3. The quantitative estimate of drug-likeness (QED) is 0.516. The van der Waals surface area contributed by atoms with E-state index in [0.717, 1.165) is 6.07 Å². The van der Waals surface area contributed by atoms with Crippen LogP contribution in [0.4, 0.5) is 18.9 Å². The maximum Gasteiger partial charge on any atom is 0.416 e. The average Bonchev–Trinajstić information content (AvgIpc) is 2.72. The lowest BCUT2D eigenvalue weighted by Crippen LogP contribution is -2.31. The van der Waals surface area contributed by atoms with Crippen LogP contribution in [-0.4, -0.2) is 28.9 Å². The normalized spacial score (nSPS) is 11.5. The van der Waals surface area contributed by atoms with Crippen molar-refractivity contribution in [2.75, 3.05) is 18.4 Å². The molecule has 0 atom stereocenters. The molecule has 1 N–H and O–H groups in total. The van der Waals surface area contributed by atoms with Gasteiger partial charge in [-0.2, -0.15) is 13.2 Å². The van der Waals surface area contributed by atoms with Crippen molar-refractivity contribution >= 4 is 34.1 Å². The van der Waals surface area contributed by atoms with Gasteiger partial charge in [0.05, 0.1) is 22.3 Å². The summed E-state index contributed by atoms with van der Waals surface area (Å²) in [6.45, 7) is 4.61. The second-order valence-electron chi connectivity index (χ2n) is 6.69. The number of carbonyl (C=O) groups excluding carboxylic acids is 1. The van der Waals surface area contributed by atoms with Crippen LogP contribution >= 0.6 is 11.6 Å². The molecule has 8 heteroatoms. The molecular formula is C22H21ClF3N3O. The standard InChI is InChI=1S/C22H21ClF3N3O/c1-3-29(4-2)21(30)17-13-27-19-10-9-15(23)11-16(19)20(17)28-12-14-7-5-6-8-18(14)22(24,25)26/h5-11,13H,3-4,12H2,1-2H3,(H,27,28). The molecule has 158 valence electrons. The number of nitrogens with one attached hydrogen (secondary N) is 1. The Labute approximate surface area is 177 Å². The topological polar surface area (TPSA) is 45.2 Å². The Hall–Kier alpha value is -2.80. The van der Waals surface area contributed by atoms with Gasteiger partial charge < -0.3 is 10.2 Å². The molecule has 0 fully saturated rings. The largest absolute Gasteiger partial charge is 0.416 e. The first-order valence-electron chi connectivity index (χ1n) is 9.52. The number of amides is 1. The lowest BCUT2D eigenvalue weighted by atomic mass is 10.0. The van der Waals surface area contributed by atoms with Gasteiger partial charge in [0, 0.05) is 36.2 Å². The molecule has 0 aliphatic carbocycles. The summed E-state index contributed by atoms with van der Waals surface area (Å²) < 4.78 is 40.1. The average molecular weight is 436 g/mol. The van der Waals surface area contributed by atoms with E-state index in [2.05, 4.69) is 10.3 Å². The Kier molecular flexibility index (Phi) is 6.51. The molecule has 0 saturated heterocycles. The SMILES string of the molecule is CCN(CC)C(=O)c1cnc2ccc(Cl)cc2c1NCc1ccccc1C(F)(F)F. The van der Waals surface area contributed by atoms with Crippen LogP contribution in [-0.2, 0) is 12.7 Å². The summed E-state index contributed by atoms with van der Waals surface area (Å²) in [7, 11) is 0. The van der Waals surface area contributed by atoms with Crippen molar-refractivity contribution in [2.45, 2.75) is 26.6 Å². The number of pyridine rings is 1. The molecule has 0 saturated carbocycles. The van der Waals surface area contributed by atoms with Gasteiger partial charge in [0.25, 0.3) is 5.91 Å². The number of benzene rings is 2. The molecule has 1 heterocycles. The minimum Gasteiger partial charge on any atom is -0.380 e. The van der Waals surface area contributed by atoms with Gasteiger partial charge in [-0.05, 0) is 43.7 Å². The maximum atomic E-state index is 13.4. The van der Waals surface area contributed by atoms with Crippen molar-refractivity contribution in [3.63, 3.8) is 0 Å². The van der Waals surface area contributed by atoms with Gasteiger partial charge in [0.2, 0.25) is 0 Å². The van der Waals surface area contributed by atoms with E-state index >= 15 is 0 Å². The van der Waals surface area contributed by atoms with E-state index in [1.165, 1.54) is 18.3 Å². The molecule has 0 unspecified atom stereocenters. The third-order valence-electron chi connectivity index (χ3n) is 4.89. The number of anilines is 1. The highest BCUT2D eigenvalue weighted by Gasteiger charge is 2.33. The summed E-state index contributed by atoms with van der Waals surface area (Å²) in [5, 5.41) is 4.06. The molecule has 0 aliphatic rings. The van der Waals surface area contributed by atoms with Crippen molar-refractivity contribution in [1.82, 2.24) is 9.88 Å². The Balaban J connectivity index is 2.08. The third kappa shape index (κ3) is 4.51. The summed E-state index contributed by atoms with van der Waals surface area (Å²) >= 11 is 6.14. The number of rotatable bonds is 6. The van der Waals surface area contributed by atoms with Crippen LogP contribution in [0.3, 0.4) is 0 Å². The van der Waals surface area contributed by atoms with E-state index in [0.29, 0.717) is 34.7 Å². The number of aromatic nitrogens is 1. The molecular weight excluding hydrogens is 415 g/mol. The molecule has 3 rings (SSSR count). The monoisotopic (exact) mass is 435 g/mol. The van der Waals surface area contributed by atoms with Crippen LogP contribution in [0.5, 0.6) is 0 Å².